The van der Waals surface area contributed by atoms with Gasteiger partial charge in [0.25, 0.3) is 0 Å². The molecule has 1 atom stereocenters. The molecule has 1 heterocycles. The maximum atomic E-state index is 3.53. The van der Waals surface area contributed by atoms with E-state index in [1.807, 2.05) is 0 Å². The van der Waals surface area contributed by atoms with Gasteiger partial charge in [-0.2, -0.15) is 0 Å². The Morgan fingerprint density at radius 1 is 0.750 bits per heavy atom. The van der Waals surface area contributed by atoms with Crippen LogP contribution in [0.25, 0.3) is 11.1 Å². The molecule has 1 saturated heterocycles. The van der Waals surface area contributed by atoms with Crippen molar-refractivity contribution < 1.29 is 0 Å². The van der Waals surface area contributed by atoms with Gasteiger partial charge in [-0.3, -0.25) is 0 Å². The Bertz CT molecular complexity index is 494. The van der Waals surface area contributed by atoms with Crippen molar-refractivity contribution in [3.8, 4) is 11.1 Å². The van der Waals surface area contributed by atoms with Crippen molar-refractivity contribution in [1.82, 2.24) is 10.6 Å². The maximum absolute atomic E-state index is 3.53. The predicted molar refractivity (Wildman–Crippen MR) is 90.0 cm³/mol. The predicted octanol–water partition coefficient (Wildman–Crippen LogP) is 3.43. The Balaban J connectivity index is 0.000001000. The molecule has 1 fully saturated rings. The number of nitrogens with one attached hydrogen (secondary N) is 2. The lowest BCUT2D eigenvalue weighted by Gasteiger charge is -2.25. The minimum absolute atomic E-state index is 0. The molecule has 2 N–H and O–H groups in total. The molecular weight excluding hydrogens is 291 g/mol. The molecular formula is C16H20Cl2N2. The van der Waals surface area contributed by atoms with Gasteiger partial charge in [-0.1, -0.05) is 54.6 Å². The van der Waals surface area contributed by atoms with E-state index in [4.69, 9.17) is 0 Å². The summed E-state index contributed by atoms with van der Waals surface area (Å²) in [4.78, 5) is 0. The van der Waals surface area contributed by atoms with Gasteiger partial charge >= 0.3 is 0 Å². The first-order valence-electron chi connectivity index (χ1n) is 6.53. The molecule has 108 valence electrons. The minimum atomic E-state index is 0. The van der Waals surface area contributed by atoms with Crippen molar-refractivity contribution in [3.05, 3.63) is 60.2 Å². The van der Waals surface area contributed by atoms with E-state index in [0.717, 1.165) is 19.6 Å². The van der Waals surface area contributed by atoms with Crippen molar-refractivity contribution in [2.45, 2.75) is 6.04 Å². The van der Waals surface area contributed by atoms with E-state index in [-0.39, 0.29) is 24.8 Å². The molecule has 0 aromatic heterocycles. The molecule has 3 rings (SSSR count). The lowest BCUT2D eigenvalue weighted by molar-refractivity contribution is 0.430. The summed E-state index contributed by atoms with van der Waals surface area (Å²) < 4.78 is 0. The first-order chi connectivity index (χ1) is 8.93. The number of hydrogen-bond acceptors (Lipinski definition) is 2. The summed E-state index contributed by atoms with van der Waals surface area (Å²) in [7, 11) is 0. The van der Waals surface area contributed by atoms with Gasteiger partial charge < -0.3 is 10.6 Å². The Hall–Kier alpha value is -1.06. The number of benzene rings is 2. The van der Waals surface area contributed by atoms with E-state index >= 15 is 0 Å². The van der Waals surface area contributed by atoms with Crippen LogP contribution < -0.4 is 10.6 Å². The fourth-order valence-electron chi connectivity index (χ4n) is 2.43. The summed E-state index contributed by atoms with van der Waals surface area (Å²) in [6, 6.07) is 19.8. The van der Waals surface area contributed by atoms with Gasteiger partial charge in [0, 0.05) is 25.7 Å². The van der Waals surface area contributed by atoms with Crippen molar-refractivity contribution >= 4 is 24.8 Å². The smallest absolute Gasteiger partial charge is 0.0447 e. The molecule has 1 unspecified atom stereocenters. The van der Waals surface area contributed by atoms with Crippen LogP contribution in [0, 0.1) is 0 Å². The average molecular weight is 311 g/mol. The van der Waals surface area contributed by atoms with Crippen LogP contribution in [0.4, 0.5) is 0 Å². The zero-order valence-electron chi connectivity index (χ0n) is 11.2. The van der Waals surface area contributed by atoms with Crippen LogP contribution in [-0.2, 0) is 0 Å². The molecule has 0 saturated carbocycles. The molecule has 0 radical (unpaired) electrons. The van der Waals surface area contributed by atoms with Gasteiger partial charge in [-0.15, -0.1) is 24.8 Å². The van der Waals surface area contributed by atoms with Crippen LogP contribution in [0.5, 0.6) is 0 Å². The van der Waals surface area contributed by atoms with E-state index in [1.165, 1.54) is 16.7 Å². The number of hydrogen-bond donors (Lipinski definition) is 2. The van der Waals surface area contributed by atoms with E-state index in [2.05, 4.69) is 65.2 Å². The molecule has 1 aliphatic heterocycles. The monoisotopic (exact) mass is 310 g/mol. The molecule has 2 aromatic rings. The van der Waals surface area contributed by atoms with Crippen molar-refractivity contribution in [1.29, 1.82) is 0 Å². The third-order valence-corrected chi connectivity index (χ3v) is 3.46. The van der Waals surface area contributed by atoms with Crippen molar-refractivity contribution in [2.24, 2.45) is 0 Å². The second kappa shape index (κ2) is 8.28. The molecule has 0 spiro atoms. The third kappa shape index (κ3) is 3.97. The van der Waals surface area contributed by atoms with Crippen LogP contribution in [-0.4, -0.2) is 19.6 Å². The van der Waals surface area contributed by atoms with Crippen LogP contribution in [0.2, 0.25) is 0 Å². The molecule has 4 heteroatoms. The van der Waals surface area contributed by atoms with Crippen molar-refractivity contribution in [2.75, 3.05) is 19.6 Å². The molecule has 2 nitrogen and oxygen atoms in total. The van der Waals surface area contributed by atoms with E-state index in [9.17, 15) is 0 Å². The average Bonchev–Trinajstić information content (AvgIpc) is 2.49. The summed E-state index contributed by atoms with van der Waals surface area (Å²) in [5.41, 5.74) is 3.92. The summed E-state index contributed by atoms with van der Waals surface area (Å²) in [6.07, 6.45) is 0. The first-order valence-corrected chi connectivity index (χ1v) is 6.53. The Labute approximate surface area is 132 Å². The topological polar surface area (TPSA) is 24.1 Å². The van der Waals surface area contributed by atoms with Crippen molar-refractivity contribution in [3.63, 3.8) is 0 Å². The molecule has 0 bridgehead atoms. The zero-order valence-corrected chi connectivity index (χ0v) is 12.8. The van der Waals surface area contributed by atoms with E-state index in [0.29, 0.717) is 6.04 Å². The summed E-state index contributed by atoms with van der Waals surface area (Å²) in [6.45, 7) is 3.13. The highest BCUT2D eigenvalue weighted by Crippen LogP contribution is 2.22. The Kier molecular flexibility index (Phi) is 7.03. The molecule has 1 aliphatic rings. The third-order valence-electron chi connectivity index (χ3n) is 3.46. The molecule has 0 aliphatic carbocycles. The molecule has 20 heavy (non-hydrogen) atoms. The van der Waals surface area contributed by atoms with E-state index in [1.54, 1.807) is 0 Å². The Morgan fingerprint density at radius 2 is 1.40 bits per heavy atom. The Morgan fingerprint density at radius 3 is 2.00 bits per heavy atom. The van der Waals surface area contributed by atoms with E-state index < -0.39 is 0 Å². The minimum Gasteiger partial charge on any atom is -0.314 e. The zero-order chi connectivity index (χ0) is 12.2. The standard InChI is InChI=1S/C16H18N2.2ClH/c1-2-4-13(5-3-1)14-6-8-15(9-7-14)16-12-17-10-11-18-16;;/h1-9,16-18H,10-12H2;2*1H. The lowest BCUT2D eigenvalue weighted by Crippen LogP contribution is -2.42. The highest BCUT2D eigenvalue weighted by atomic mass is 35.5. The van der Waals surface area contributed by atoms with Gasteiger partial charge in [0.1, 0.15) is 0 Å². The fraction of sp³-hybridized carbons (Fsp3) is 0.250. The SMILES string of the molecule is Cl.Cl.c1ccc(-c2ccc(C3CNCCN3)cc2)cc1. The lowest BCUT2D eigenvalue weighted by atomic mass is 10.00. The molecule has 0 amide bonds. The summed E-state index contributed by atoms with van der Waals surface area (Å²) in [5.74, 6) is 0. The second-order valence-corrected chi connectivity index (χ2v) is 4.70. The number of halogens is 2. The largest absolute Gasteiger partial charge is 0.314 e. The second-order valence-electron chi connectivity index (χ2n) is 4.70. The van der Waals surface area contributed by atoms with Gasteiger partial charge in [-0.05, 0) is 16.7 Å². The number of rotatable bonds is 2. The molecule has 2 aromatic carbocycles. The van der Waals surface area contributed by atoms with Gasteiger partial charge in [0.15, 0.2) is 0 Å². The highest BCUT2D eigenvalue weighted by Gasteiger charge is 2.13. The van der Waals surface area contributed by atoms with Crippen LogP contribution in [0.3, 0.4) is 0 Å². The summed E-state index contributed by atoms with van der Waals surface area (Å²) in [5, 5.41) is 6.95. The quantitative estimate of drug-likeness (QED) is 0.888. The fourth-order valence-corrected chi connectivity index (χ4v) is 2.43. The summed E-state index contributed by atoms with van der Waals surface area (Å²) >= 11 is 0. The van der Waals surface area contributed by atoms with Crippen LogP contribution in [0.15, 0.2) is 54.6 Å². The van der Waals surface area contributed by atoms with Gasteiger partial charge in [-0.25, -0.2) is 0 Å². The van der Waals surface area contributed by atoms with Crippen LogP contribution >= 0.6 is 24.8 Å². The van der Waals surface area contributed by atoms with Gasteiger partial charge in [0.2, 0.25) is 0 Å². The normalized spacial score (nSPS) is 17.7. The maximum Gasteiger partial charge on any atom is 0.0447 e. The van der Waals surface area contributed by atoms with Gasteiger partial charge in [0.05, 0.1) is 0 Å². The van der Waals surface area contributed by atoms with Crippen LogP contribution in [0.1, 0.15) is 11.6 Å². The number of piperazine rings is 1. The highest BCUT2D eigenvalue weighted by molar-refractivity contribution is 5.85. The first kappa shape index (κ1) is 17.0.